The summed E-state index contributed by atoms with van der Waals surface area (Å²) >= 11 is 0. The van der Waals surface area contributed by atoms with E-state index in [-0.39, 0.29) is 26.2 Å². The zero-order chi connectivity index (χ0) is 13.8. The van der Waals surface area contributed by atoms with Crippen LogP contribution < -0.4 is 0 Å². The van der Waals surface area contributed by atoms with E-state index in [1.807, 2.05) is 0 Å². The zero-order valence-electron chi connectivity index (χ0n) is 9.57. The highest BCUT2D eigenvalue weighted by Gasteiger charge is 2.33. The van der Waals surface area contributed by atoms with Crippen molar-refractivity contribution < 1.29 is 32.6 Å². The average Bonchev–Trinajstić information content (AvgIpc) is 2.25. The summed E-state index contributed by atoms with van der Waals surface area (Å²) in [4.78, 5) is 23.4. The first kappa shape index (κ1) is 14.7. The minimum Gasteiger partial charge on any atom is -0.481 e. The van der Waals surface area contributed by atoms with Crippen molar-refractivity contribution in [2.24, 2.45) is 0 Å². The van der Waals surface area contributed by atoms with Gasteiger partial charge in [-0.1, -0.05) is 0 Å². The number of alkyl halides is 3. The minimum absolute atomic E-state index is 0.0457. The van der Waals surface area contributed by atoms with Gasteiger partial charge < -0.3 is 14.7 Å². The molecule has 0 saturated carbocycles. The van der Waals surface area contributed by atoms with Crippen LogP contribution in [0.4, 0.5) is 13.2 Å². The Bertz CT molecular complexity index is 319. The SMILES string of the molecule is O=C(O)CC1COCCN1C(=O)CCC(F)(F)F. The Labute approximate surface area is 102 Å². The lowest BCUT2D eigenvalue weighted by atomic mass is 10.1. The molecule has 5 nitrogen and oxygen atoms in total. The van der Waals surface area contributed by atoms with Gasteiger partial charge in [0.05, 0.1) is 32.1 Å². The summed E-state index contributed by atoms with van der Waals surface area (Å²) in [6, 6.07) is -0.683. The van der Waals surface area contributed by atoms with Gasteiger partial charge >= 0.3 is 12.1 Å². The topological polar surface area (TPSA) is 66.8 Å². The second-order valence-electron chi connectivity index (χ2n) is 4.03. The molecule has 0 radical (unpaired) electrons. The minimum atomic E-state index is -4.38. The second-order valence-corrected chi connectivity index (χ2v) is 4.03. The molecule has 1 heterocycles. The molecule has 1 saturated heterocycles. The highest BCUT2D eigenvalue weighted by atomic mass is 19.4. The van der Waals surface area contributed by atoms with Gasteiger partial charge in [-0.2, -0.15) is 13.2 Å². The van der Waals surface area contributed by atoms with Gasteiger partial charge in [-0.25, -0.2) is 0 Å². The molecule has 0 aromatic rings. The van der Waals surface area contributed by atoms with E-state index in [0.29, 0.717) is 0 Å². The molecule has 1 fully saturated rings. The van der Waals surface area contributed by atoms with E-state index in [4.69, 9.17) is 9.84 Å². The Morgan fingerprint density at radius 2 is 2.06 bits per heavy atom. The number of rotatable bonds is 4. The van der Waals surface area contributed by atoms with E-state index in [1.54, 1.807) is 0 Å². The van der Waals surface area contributed by atoms with Crippen molar-refractivity contribution in [1.82, 2.24) is 4.90 Å². The fourth-order valence-electron chi connectivity index (χ4n) is 1.75. The molecule has 1 amide bonds. The second kappa shape index (κ2) is 6.03. The molecule has 8 heteroatoms. The predicted octanol–water partition coefficient (Wildman–Crippen LogP) is 1.03. The Hall–Kier alpha value is -1.31. The average molecular weight is 269 g/mol. The van der Waals surface area contributed by atoms with Crippen LogP contribution in [0.5, 0.6) is 0 Å². The van der Waals surface area contributed by atoms with Crippen LogP contribution in [0.2, 0.25) is 0 Å². The van der Waals surface area contributed by atoms with Gasteiger partial charge in [0.15, 0.2) is 0 Å². The number of carboxylic acid groups (broad SMARTS) is 1. The van der Waals surface area contributed by atoms with Crippen LogP contribution in [-0.4, -0.2) is 53.9 Å². The molecule has 18 heavy (non-hydrogen) atoms. The molecule has 0 bridgehead atoms. The van der Waals surface area contributed by atoms with E-state index >= 15 is 0 Å². The van der Waals surface area contributed by atoms with E-state index in [2.05, 4.69) is 0 Å². The van der Waals surface area contributed by atoms with Crippen LogP contribution in [0.3, 0.4) is 0 Å². The lowest BCUT2D eigenvalue weighted by molar-refractivity contribution is -0.156. The molecule has 1 aliphatic rings. The van der Waals surface area contributed by atoms with Gasteiger partial charge in [0.1, 0.15) is 0 Å². The summed E-state index contributed by atoms with van der Waals surface area (Å²) in [6.45, 7) is 0.395. The molecule has 0 aromatic heterocycles. The number of halogens is 3. The van der Waals surface area contributed by atoms with Crippen molar-refractivity contribution in [2.75, 3.05) is 19.8 Å². The van der Waals surface area contributed by atoms with Crippen LogP contribution in [0, 0.1) is 0 Å². The summed E-state index contributed by atoms with van der Waals surface area (Å²) in [7, 11) is 0. The normalized spacial score (nSPS) is 20.8. The third kappa shape index (κ3) is 4.91. The Balaban J connectivity index is 2.54. The lowest BCUT2D eigenvalue weighted by Crippen LogP contribution is -2.49. The van der Waals surface area contributed by atoms with Gasteiger partial charge in [0.2, 0.25) is 5.91 Å². The van der Waals surface area contributed by atoms with Gasteiger partial charge in [-0.3, -0.25) is 9.59 Å². The van der Waals surface area contributed by atoms with Crippen molar-refractivity contribution in [3.05, 3.63) is 0 Å². The Morgan fingerprint density at radius 3 is 2.61 bits per heavy atom. The van der Waals surface area contributed by atoms with E-state index in [0.717, 1.165) is 0 Å². The number of morpholine rings is 1. The summed E-state index contributed by atoms with van der Waals surface area (Å²) < 4.78 is 41.0. The number of aliphatic carboxylic acids is 1. The summed E-state index contributed by atoms with van der Waals surface area (Å²) in [6.07, 6.45) is -6.55. The quantitative estimate of drug-likeness (QED) is 0.827. The van der Waals surface area contributed by atoms with E-state index in [9.17, 15) is 22.8 Å². The molecule has 0 aliphatic carbocycles. The number of carbonyl (C=O) groups is 2. The van der Waals surface area contributed by atoms with E-state index in [1.165, 1.54) is 4.90 Å². The van der Waals surface area contributed by atoms with Gasteiger partial charge in [-0.05, 0) is 0 Å². The standard InChI is InChI=1S/C10H14F3NO4/c11-10(12,13)2-1-8(15)14-3-4-18-6-7(14)5-9(16)17/h7H,1-6H2,(H,16,17). The van der Waals surface area contributed by atoms with Crippen molar-refractivity contribution in [3.63, 3.8) is 0 Å². The molecular formula is C10H14F3NO4. The first-order valence-electron chi connectivity index (χ1n) is 5.45. The lowest BCUT2D eigenvalue weighted by Gasteiger charge is -2.35. The molecular weight excluding hydrogens is 255 g/mol. The highest BCUT2D eigenvalue weighted by molar-refractivity contribution is 5.77. The van der Waals surface area contributed by atoms with Crippen LogP contribution in [0.25, 0.3) is 0 Å². The third-order valence-corrected chi connectivity index (χ3v) is 2.58. The Morgan fingerprint density at radius 1 is 1.39 bits per heavy atom. The molecule has 1 rings (SSSR count). The highest BCUT2D eigenvalue weighted by Crippen LogP contribution is 2.23. The molecule has 0 spiro atoms. The molecule has 1 atom stereocenters. The first-order chi connectivity index (χ1) is 8.29. The fraction of sp³-hybridized carbons (Fsp3) is 0.800. The molecule has 104 valence electrons. The summed E-state index contributed by atoms with van der Waals surface area (Å²) in [5.74, 6) is -1.79. The van der Waals surface area contributed by atoms with Crippen LogP contribution >= 0.6 is 0 Å². The number of hydrogen-bond donors (Lipinski definition) is 1. The third-order valence-electron chi connectivity index (χ3n) is 2.58. The van der Waals surface area contributed by atoms with Gasteiger partial charge in [-0.15, -0.1) is 0 Å². The monoisotopic (exact) mass is 269 g/mol. The number of carboxylic acids is 1. The maximum atomic E-state index is 12.0. The van der Waals surface area contributed by atoms with Crippen molar-refractivity contribution in [3.8, 4) is 0 Å². The number of nitrogens with zero attached hydrogens (tertiary/aromatic N) is 1. The maximum absolute atomic E-state index is 12.0. The number of amides is 1. The smallest absolute Gasteiger partial charge is 0.389 e. The number of ether oxygens (including phenoxy) is 1. The molecule has 1 aliphatic heterocycles. The van der Waals surface area contributed by atoms with Crippen LogP contribution in [-0.2, 0) is 14.3 Å². The van der Waals surface area contributed by atoms with Crippen LogP contribution in [0.15, 0.2) is 0 Å². The van der Waals surface area contributed by atoms with Gasteiger partial charge in [0, 0.05) is 13.0 Å². The van der Waals surface area contributed by atoms with Crippen LogP contribution in [0.1, 0.15) is 19.3 Å². The zero-order valence-corrected chi connectivity index (χ0v) is 9.57. The fourth-order valence-corrected chi connectivity index (χ4v) is 1.75. The van der Waals surface area contributed by atoms with Crippen molar-refractivity contribution in [2.45, 2.75) is 31.5 Å². The van der Waals surface area contributed by atoms with Crippen molar-refractivity contribution in [1.29, 1.82) is 0 Å². The number of carbonyl (C=O) groups excluding carboxylic acids is 1. The summed E-state index contributed by atoms with van der Waals surface area (Å²) in [5.41, 5.74) is 0. The Kier molecular flexibility index (Phi) is 4.94. The van der Waals surface area contributed by atoms with E-state index < -0.39 is 36.9 Å². The maximum Gasteiger partial charge on any atom is 0.389 e. The van der Waals surface area contributed by atoms with Crippen molar-refractivity contribution >= 4 is 11.9 Å². The molecule has 0 aromatic carbocycles. The first-order valence-corrected chi connectivity index (χ1v) is 5.45. The predicted molar refractivity (Wildman–Crippen MR) is 53.9 cm³/mol. The number of hydrogen-bond acceptors (Lipinski definition) is 3. The molecule has 1 unspecified atom stereocenters. The largest absolute Gasteiger partial charge is 0.481 e. The summed E-state index contributed by atoms with van der Waals surface area (Å²) in [5, 5.41) is 8.65. The molecule has 1 N–H and O–H groups in total. The van der Waals surface area contributed by atoms with Gasteiger partial charge in [0.25, 0.3) is 0 Å².